The zero-order valence-electron chi connectivity index (χ0n) is 8.23. The molecular formula is C11H17NO. The third-order valence-corrected chi connectivity index (χ3v) is 2.10. The van der Waals surface area contributed by atoms with Gasteiger partial charge in [0.1, 0.15) is 0 Å². The predicted octanol–water partition coefficient (Wildman–Crippen LogP) is 1.94. The van der Waals surface area contributed by atoms with Crippen molar-refractivity contribution in [2.75, 3.05) is 0 Å². The van der Waals surface area contributed by atoms with E-state index in [4.69, 9.17) is 10.5 Å². The van der Waals surface area contributed by atoms with E-state index < -0.39 is 0 Å². The fraction of sp³-hybridized carbons (Fsp3) is 0.455. The molecule has 0 aliphatic rings. The van der Waals surface area contributed by atoms with Crippen LogP contribution in [0.2, 0.25) is 0 Å². The van der Waals surface area contributed by atoms with Crippen LogP contribution in [0.4, 0.5) is 0 Å². The van der Waals surface area contributed by atoms with Crippen molar-refractivity contribution < 1.29 is 4.74 Å². The Hall–Kier alpha value is -0.860. The van der Waals surface area contributed by atoms with E-state index in [0.29, 0.717) is 6.61 Å². The van der Waals surface area contributed by atoms with Crippen LogP contribution in [0.1, 0.15) is 19.4 Å². The molecule has 0 fully saturated rings. The van der Waals surface area contributed by atoms with Gasteiger partial charge in [-0.15, -0.1) is 0 Å². The van der Waals surface area contributed by atoms with Gasteiger partial charge >= 0.3 is 0 Å². The highest BCUT2D eigenvalue weighted by Crippen LogP contribution is 2.04. The predicted molar refractivity (Wildman–Crippen MR) is 54.3 cm³/mol. The fourth-order valence-electron chi connectivity index (χ4n) is 0.954. The number of hydrogen-bond acceptors (Lipinski definition) is 2. The third-order valence-electron chi connectivity index (χ3n) is 2.10. The van der Waals surface area contributed by atoms with Gasteiger partial charge < -0.3 is 10.5 Å². The molecule has 1 aromatic carbocycles. The van der Waals surface area contributed by atoms with Gasteiger partial charge in [0.15, 0.2) is 0 Å². The maximum absolute atomic E-state index is 5.68. The fourth-order valence-corrected chi connectivity index (χ4v) is 0.954. The molecule has 72 valence electrons. The van der Waals surface area contributed by atoms with Crippen molar-refractivity contribution in [3.05, 3.63) is 35.9 Å². The molecule has 0 saturated heterocycles. The summed E-state index contributed by atoms with van der Waals surface area (Å²) in [6.07, 6.45) is 0.111. The monoisotopic (exact) mass is 179 g/mol. The topological polar surface area (TPSA) is 35.2 Å². The van der Waals surface area contributed by atoms with Crippen molar-refractivity contribution >= 4 is 0 Å². The molecule has 0 saturated carbocycles. The highest BCUT2D eigenvalue weighted by atomic mass is 16.5. The lowest BCUT2D eigenvalue weighted by atomic mass is 10.2. The minimum absolute atomic E-state index is 0.0868. The summed E-state index contributed by atoms with van der Waals surface area (Å²) >= 11 is 0. The Bertz CT molecular complexity index is 233. The highest BCUT2D eigenvalue weighted by molar-refractivity contribution is 5.13. The summed E-state index contributed by atoms with van der Waals surface area (Å²) in [5, 5.41) is 0. The average molecular weight is 179 g/mol. The van der Waals surface area contributed by atoms with Crippen LogP contribution in [-0.2, 0) is 11.3 Å². The first-order valence-corrected chi connectivity index (χ1v) is 4.61. The molecule has 1 aromatic rings. The summed E-state index contributed by atoms with van der Waals surface area (Å²) in [5.41, 5.74) is 6.86. The number of nitrogens with two attached hydrogens (primary N) is 1. The van der Waals surface area contributed by atoms with E-state index in [1.807, 2.05) is 44.2 Å². The first-order chi connectivity index (χ1) is 6.20. The zero-order chi connectivity index (χ0) is 9.68. The molecule has 0 spiro atoms. The van der Waals surface area contributed by atoms with Gasteiger partial charge in [-0.05, 0) is 19.4 Å². The number of ether oxygens (including phenoxy) is 1. The van der Waals surface area contributed by atoms with Gasteiger partial charge in [-0.3, -0.25) is 0 Å². The molecule has 2 nitrogen and oxygen atoms in total. The van der Waals surface area contributed by atoms with E-state index in [-0.39, 0.29) is 12.1 Å². The Balaban J connectivity index is 2.35. The van der Waals surface area contributed by atoms with E-state index >= 15 is 0 Å². The van der Waals surface area contributed by atoms with Crippen LogP contribution in [0.25, 0.3) is 0 Å². The molecule has 0 amide bonds. The van der Waals surface area contributed by atoms with Gasteiger partial charge in [0.25, 0.3) is 0 Å². The molecule has 1 unspecified atom stereocenters. The highest BCUT2D eigenvalue weighted by Gasteiger charge is 2.06. The van der Waals surface area contributed by atoms with Crippen molar-refractivity contribution in [3.63, 3.8) is 0 Å². The molecule has 0 bridgehead atoms. The first-order valence-electron chi connectivity index (χ1n) is 4.61. The van der Waals surface area contributed by atoms with Crippen molar-refractivity contribution in [1.29, 1.82) is 0 Å². The van der Waals surface area contributed by atoms with E-state index in [1.165, 1.54) is 5.56 Å². The number of rotatable bonds is 4. The molecule has 13 heavy (non-hydrogen) atoms. The molecule has 0 aromatic heterocycles. The first kappa shape index (κ1) is 10.2. The van der Waals surface area contributed by atoms with Crippen LogP contribution in [0.3, 0.4) is 0 Å². The molecule has 1 rings (SSSR count). The number of hydrogen-bond donors (Lipinski definition) is 1. The van der Waals surface area contributed by atoms with Crippen LogP contribution in [0.5, 0.6) is 0 Å². The molecule has 2 heteroatoms. The maximum Gasteiger partial charge on any atom is 0.0721 e. The van der Waals surface area contributed by atoms with E-state index in [1.54, 1.807) is 0 Å². The van der Waals surface area contributed by atoms with Gasteiger partial charge in [0.05, 0.1) is 12.7 Å². The normalized spacial score (nSPS) is 15.3. The zero-order valence-corrected chi connectivity index (χ0v) is 8.23. The molecule has 2 atom stereocenters. The van der Waals surface area contributed by atoms with Gasteiger partial charge in [0.2, 0.25) is 0 Å². The summed E-state index contributed by atoms with van der Waals surface area (Å²) in [7, 11) is 0. The summed E-state index contributed by atoms with van der Waals surface area (Å²) in [6, 6.07) is 10.2. The van der Waals surface area contributed by atoms with E-state index in [0.717, 1.165) is 0 Å². The van der Waals surface area contributed by atoms with Crippen molar-refractivity contribution in [3.8, 4) is 0 Å². The molecule has 0 aliphatic heterocycles. The van der Waals surface area contributed by atoms with Crippen molar-refractivity contribution in [1.82, 2.24) is 0 Å². The van der Waals surface area contributed by atoms with Crippen LogP contribution in [-0.4, -0.2) is 12.1 Å². The van der Waals surface area contributed by atoms with Crippen molar-refractivity contribution in [2.24, 2.45) is 5.73 Å². The smallest absolute Gasteiger partial charge is 0.0721 e. The quantitative estimate of drug-likeness (QED) is 0.766. The lowest BCUT2D eigenvalue weighted by Crippen LogP contribution is -2.31. The molecule has 0 aliphatic carbocycles. The van der Waals surface area contributed by atoms with Crippen LogP contribution in [0, 0.1) is 0 Å². The van der Waals surface area contributed by atoms with Gasteiger partial charge in [-0.25, -0.2) is 0 Å². The Morgan fingerprint density at radius 1 is 1.23 bits per heavy atom. The Morgan fingerprint density at radius 2 is 1.85 bits per heavy atom. The summed E-state index contributed by atoms with van der Waals surface area (Å²) < 4.78 is 5.56. The Kier molecular flexibility index (Phi) is 3.93. The number of benzene rings is 1. The minimum Gasteiger partial charge on any atom is -0.372 e. The lowest BCUT2D eigenvalue weighted by Gasteiger charge is -2.16. The Morgan fingerprint density at radius 3 is 2.38 bits per heavy atom. The van der Waals surface area contributed by atoms with E-state index in [9.17, 15) is 0 Å². The average Bonchev–Trinajstić information content (AvgIpc) is 2.15. The largest absolute Gasteiger partial charge is 0.372 e. The summed E-state index contributed by atoms with van der Waals surface area (Å²) in [5.74, 6) is 0. The van der Waals surface area contributed by atoms with E-state index in [2.05, 4.69) is 0 Å². The van der Waals surface area contributed by atoms with Gasteiger partial charge in [0, 0.05) is 6.04 Å². The second-order valence-corrected chi connectivity index (χ2v) is 3.36. The molecular weight excluding hydrogens is 162 g/mol. The molecule has 2 N–H and O–H groups in total. The van der Waals surface area contributed by atoms with Crippen molar-refractivity contribution in [2.45, 2.75) is 32.6 Å². The lowest BCUT2D eigenvalue weighted by molar-refractivity contribution is 0.0398. The Labute approximate surface area is 79.7 Å². The second-order valence-electron chi connectivity index (χ2n) is 3.36. The minimum atomic E-state index is 0.0868. The van der Waals surface area contributed by atoms with Gasteiger partial charge in [-0.2, -0.15) is 0 Å². The van der Waals surface area contributed by atoms with Gasteiger partial charge in [-0.1, -0.05) is 30.3 Å². The van der Waals surface area contributed by atoms with Crippen LogP contribution < -0.4 is 5.73 Å². The molecule has 0 radical (unpaired) electrons. The van der Waals surface area contributed by atoms with Crippen LogP contribution in [0.15, 0.2) is 30.3 Å². The second kappa shape index (κ2) is 5.00. The standard InChI is InChI=1S/C11H17NO/c1-9(12)10(2)13-8-11-6-4-3-5-7-11/h3-7,9-10H,8,12H2,1-2H3/t9-,10?/m1/s1. The molecule has 0 heterocycles. The van der Waals surface area contributed by atoms with Crippen LogP contribution >= 0.6 is 0 Å². The summed E-state index contributed by atoms with van der Waals surface area (Å²) in [6.45, 7) is 4.59. The SMILES string of the molecule is CC(OCc1ccccc1)[C@@H](C)N. The maximum atomic E-state index is 5.68. The summed E-state index contributed by atoms with van der Waals surface area (Å²) in [4.78, 5) is 0. The third kappa shape index (κ3) is 3.57.